The van der Waals surface area contributed by atoms with E-state index in [4.69, 9.17) is 11.6 Å². The smallest absolute Gasteiger partial charge is 0.152 e. The van der Waals surface area contributed by atoms with E-state index in [1.165, 1.54) is 9.75 Å². The fraction of sp³-hybridized carbons (Fsp3) is 0.250. The molecule has 0 atom stereocenters. The Hall–Kier alpha value is -1.06. The summed E-state index contributed by atoms with van der Waals surface area (Å²) in [6.45, 7) is 4.93. The van der Waals surface area contributed by atoms with Gasteiger partial charge in [-0.1, -0.05) is 11.6 Å². The summed E-state index contributed by atoms with van der Waals surface area (Å²) in [4.78, 5) is 6.69. The van der Waals surface area contributed by atoms with E-state index in [-0.39, 0.29) is 0 Å². The van der Waals surface area contributed by atoms with Crippen molar-refractivity contribution in [3.63, 3.8) is 0 Å². The number of hydrogen-bond acceptors (Lipinski definition) is 3. The Kier molecular flexibility index (Phi) is 3.46. The Labute approximate surface area is 104 Å². The van der Waals surface area contributed by atoms with Crippen LogP contribution in [0.3, 0.4) is 0 Å². The van der Waals surface area contributed by atoms with Crippen molar-refractivity contribution in [1.29, 1.82) is 0 Å². The highest BCUT2D eigenvalue weighted by molar-refractivity contribution is 7.11. The quantitative estimate of drug-likeness (QED) is 0.835. The van der Waals surface area contributed by atoms with Gasteiger partial charge in [0.2, 0.25) is 0 Å². The molecule has 0 fully saturated rings. The van der Waals surface area contributed by atoms with Crippen molar-refractivity contribution in [2.75, 3.05) is 5.32 Å². The van der Waals surface area contributed by atoms with Crippen LogP contribution < -0.4 is 5.32 Å². The lowest BCUT2D eigenvalue weighted by molar-refractivity contribution is 1.16. The first-order valence-electron chi connectivity index (χ1n) is 5.07. The van der Waals surface area contributed by atoms with Crippen LogP contribution in [-0.2, 0) is 6.54 Å². The van der Waals surface area contributed by atoms with Gasteiger partial charge in [-0.2, -0.15) is 0 Å². The highest BCUT2D eigenvalue weighted by Crippen LogP contribution is 2.24. The van der Waals surface area contributed by atoms with Gasteiger partial charge in [0, 0.05) is 22.5 Å². The van der Waals surface area contributed by atoms with E-state index < -0.39 is 0 Å². The fourth-order valence-electron chi connectivity index (χ4n) is 1.49. The Morgan fingerprint density at radius 1 is 1.31 bits per heavy atom. The van der Waals surface area contributed by atoms with Crippen LogP contribution >= 0.6 is 22.9 Å². The molecule has 0 aliphatic rings. The SMILES string of the molecule is Cc1ccc(CNc2c(C)ccnc2Cl)s1. The molecule has 2 nitrogen and oxygen atoms in total. The van der Waals surface area contributed by atoms with Crippen molar-refractivity contribution in [1.82, 2.24) is 4.98 Å². The number of anilines is 1. The molecular formula is C12H13ClN2S. The fourth-order valence-corrected chi connectivity index (χ4v) is 2.60. The maximum atomic E-state index is 6.03. The van der Waals surface area contributed by atoms with E-state index >= 15 is 0 Å². The average molecular weight is 253 g/mol. The third-order valence-electron chi connectivity index (χ3n) is 2.35. The number of hydrogen-bond donors (Lipinski definition) is 1. The second kappa shape index (κ2) is 4.85. The van der Waals surface area contributed by atoms with Gasteiger partial charge in [-0.3, -0.25) is 0 Å². The van der Waals surface area contributed by atoms with Gasteiger partial charge in [0.1, 0.15) is 0 Å². The van der Waals surface area contributed by atoms with Crippen molar-refractivity contribution in [2.45, 2.75) is 20.4 Å². The lowest BCUT2D eigenvalue weighted by Gasteiger charge is -2.09. The first-order valence-corrected chi connectivity index (χ1v) is 6.26. The van der Waals surface area contributed by atoms with E-state index in [1.807, 2.05) is 13.0 Å². The van der Waals surface area contributed by atoms with Crippen molar-refractivity contribution >= 4 is 28.6 Å². The average Bonchev–Trinajstić information content (AvgIpc) is 2.63. The number of aromatic nitrogens is 1. The molecule has 1 N–H and O–H groups in total. The number of aryl methyl sites for hydroxylation is 2. The molecule has 0 bridgehead atoms. The summed E-state index contributed by atoms with van der Waals surface area (Å²) in [5, 5.41) is 3.86. The van der Waals surface area contributed by atoms with Crippen molar-refractivity contribution in [3.8, 4) is 0 Å². The number of nitrogens with zero attached hydrogens (tertiary/aromatic N) is 1. The summed E-state index contributed by atoms with van der Waals surface area (Å²) in [6, 6.07) is 6.21. The van der Waals surface area contributed by atoms with Gasteiger partial charge < -0.3 is 5.32 Å². The number of thiophene rings is 1. The van der Waals surface area contributed by atoms with Gasteiger partial charge in [0.25, 0.3) is 0 Å². The Morgan fingerprint density at radius 3 is 2.75 bits per heavy atom. The highest BCUT2D eigenvalue weighted by Gasteiger charge is 2.04. The topological polar surface area (TPSA) is 24.9 Å². The summed E-state index contributed by atoms with van der Waals surface area (Å²) < 4.78 is 0. The van der Waals surface area contributed by atoms with Crippen LogP contribution in [0.25, 0.3) is 0 Å². The molecule has 0 spiro atoms. The molecule has 4 heteroatoms. The van der Waals surface area contributed by atoms with Crippen LogP contribution in [0.4, 0.5) is 5.69 Å². The molecule has 0 saturated heterocycles. The predicted molar refractivity (Wildman–Crippen MR) is 70.4 cm³/mol. The van der Waals surface area contributed by atoms with Crippen LogP contribution in [0.2, 0.25) is 5.15 Å². The van der Waals surface area contributed by atoms with Gasteiger partial charge in [-0.15, -0.1) is 11.3 Å². The third kappa shape index (κ3) is 2.54. The second-order valence-electron chi connectivity index (χ2n) is 3.66. The monoisotopic (exact) mass is 252 g/mol. The molecule has 2 aromatic heterocycles. The largest absolute Gasteiger partial charge is 0.377 e. The summed E-state index contributed by atoms with van der Waals surface area (Å²) in [5.74, 6) is 0. The van der Waals surface area contributed by atoms with Crippen molar-refractivity contribution in [2.24, 2.45) is 0 Å². The molecule has 16 heavy (non-hydrogen) atoms. The van der Waals surface area contributed by atoms with Gasteiger partial charge in [0.15, 0.2) is 5.15 Å². The van der Waals surface area contributed by atoms with Crippen LogP contribution in [0, 0.1) is 13.8 Å². The number of pyridine rings is 1. The summed E-state index contributed by atoms with van der Waals surface area (Å²) in [6.07, 6.45) is 1.72. The van der Waals surface area contributed by atoms with E-state index in [0.29, 0.717) is 5.15 Å². The van der Waals surface area contributed by atoms with E-state index in [2.05, 4.69) is 29.4 Å². The standard InChI is InChI=1S/C12H13ClN2S/c1-8-5-6-14-12(13)11(8)15-7-10-4-3-9(2)16-10/h3-6,15H,7H2,1-2H3. The normalized spacial score (nSPS) is 10.4. The molecule has 0 unspecified atom stereocenters. The van der Waals surface area contributed by atoms with E-state index in [0.717, 1.165) is 17.8 Å². The van der Waals surface area contributed by atoms with E-state index in [9.17, 15) is 0 Å². The van der Waals surface area contributed by atoms with Crippen molar-refractivity contribution in [3.05, 3.63) is 44.9 Å². The molecule has 0 aliphatic carbocycles. The first-order chi connectivity index (χ1) is 7.66. The zero-order valence-electron chi connectivity index (χ0n) is 9.25. The van der Waals surface area contributed by atoms with Gasteiger partial charge in [0.05, 0.1) is 5.69 Å². The van der Waals surface area contributed by atoms with Crippen LogP contribution in [0.5, 0.6) is 0 Å². The molecule has 2 aromatic rings. The number of rotatable bonds is 3. The third-order valence-corrected chi connectivity index (χ3v) is 3.64. The van der Waals surface area contributed by atoms with Crippen LogP contribution in [-0.4, -0.2) is 4.98 Å². The number of halogens is 1. The maximum absolute atomic E-state index is 6.03. The number of nitrogens with one attached hydrogen (secondary N) is 1. The molecular weight excluding hydrogens is 240 g/mol. The van der Waals surface area contributed by atoms with Crippen LogP contribution in [0.1, 0.15) is 15.3 Å². The Balaban J connectivity index is 2.10. The minimum atomic E-state index is 0.535. The maximum Gasteiger partial charge on any atom is 0.152 e. The summed E-state index contributed by atoms with van der Waals surface area (Å²) >= 11 is 7.82. The minimum absolute atomic E-state index is 0.535. The summed E-state index contributed by atoms with van der Waals surface area (Å²) in [7, 11) is 0. The molecule has 2 rings (SSSR count). The Morgan fingerprint density at radius 2 is 2.12 bits per heavy atom. The molecule has 0 saturated carbocycles. The molecule has 0 radical (unpaired) electrons. The minimum Gasteiger partial charge on any atom is -0.377 e. The van der Waals surface area contributed by atoms with Gasteiger partial charge in [-0.05, 0) is 37.6 Å². The predicted octanol–water partition coefficient (Wildman–Crippen LogP) is 4.03. The zero-order chi connectivity index (χ0) is 11.5. The lowest BCUT2D eigenvalue weighted by atomic mass is 10.2. The van der Waals surface area contributed by atoms with Gasteiger partial charge >= 0.3 is 0 Å². The molecule has 84 valence electrons. The Bertz CT molecular complexity index is 473. The van der Waals surface area contributed by atoms with Crippen LogP contribution in [0.15, 0.2) is 24.4 Å². The summed E-state index contributed by atoms with van der Waals surface area (Å²) in [5.41, 5.74) is 2.04. The first kappa shape index (κ1) is 11.4. The van der Waals surface area contributed by atoms with E-state index in [1.54, 1.807) is 17.5 Å². The molecule has 0 aliphatic heterocycles. The van der Waals surface area contributed by atoms with Gasteiger partial charge in [-0.25, -0.2) is 4.98 Å². The second-order valence-corrected chi connectivity index (χ2v) is 5.39. The molecule has 0 amide bonds. The molecule has 0 aromatic carbocycles. The zero-order valence-corrected chi connectivity index (χ0v) is 10.8. The highest BCUT2D eigenvalue weighted by atomic mass is 35.5. The van der Waals surface area contributed by atoms with Crippen molar-refractivity contribution < 1.29 is 0 Å². The molecule has 2 heterocycles. The lowest BCUT2D eigenvalue weighted by Crippen LogP contribution is -2.00.